The third kappa shape index (κ3) is 6.22. The van der Waals surface area contributed by atoms with Gasteiger partial charge in [-0.05, 0) is 17.5 Å². The topological polar surface area (TPSA) is 78.4 Å². The van der Waals surface area contributed by atoms with E-state index in [0.717, 1.165) is 11.1 Å². The van der Waals surface area contributed by atoms with E-state index >= 15 is 0 Å². The Kier molecular flexibility index (Phi) is 6.98. The summed E-state index contributed by atoms with van der Waals surface area (Å²) in [7, 11) is 0. The number of hydrogen-bond acceptors (Lipinski definition) is 3. The van der Waals surface area contributed by atoms with E-state index in [1.165, 1.54) is 0 Å². The Morgan fingerprint density at radius 2 is 1.38 bits per heavy atom. The minimum atomic E-state index is -0.728. The van der Waals surface area contributed by atoms with Crippen LogP contribution in [0.2, 0.25) is 0 Å². The fraction of sp³-hybridized carbons (Fsp3) is 0.263. The Hall–Kier alpha value is -2.66. The number of carbonyl (C=O) groups is 2. The van der Waals surface area contributed by atoms with E-state index in [-0.39, 0.29) is 6.54 Å². The molecule has 0 aliphatic heterocycles. The van der Waals surface area contributed by atoms with Crippen LogP contribution in [0, 0.1) is 0 Å². The highest BCUT2D eigenvalue weighted by atomic mass is 16.3. The molecule has 2 aromatic rings. The predicted molar refractivity (Wildman–Crippen MR) is 92.3 cm³/mol. The van der Waals surface area contributed by atoms with Crippen molar-refractivity contribution in [3.8, 4) is 0 Å². The third-order valence-electron chi connectivity index (χ3n) is 3.56. The van der Waals surface area contributed by atoms with Gasteiger partial charge in [0.25, 0.3) is 0 Å². The zero-order valence-corrected chi connectivity index (χ0v) is 13.4. The van der Waals surface area contributed by atoms with E-state index < -0.39 is 17.9 Å². The highest BCUT2D eigenvalue weighted by Gasteiger charge is 2.14. The lowest BCUT2D eigenvalue weighted by molar-refractivity contribution is -0.139. The summed E-state index contributed by atoms with van der Waals surface area (Å²) < 4.78 is 0. The van der Waals surface area contributed by atoms with Crippen LogP contribution in [0.4, 0.5) is 0 Å². The Balaban J connectivity index is 1.65. The van der Waals surface area contributed by atoms with Gasteiger partial charge >= 0.3 is 11.8 Å². The van der Waals surface area contributed by atoms with E-state index in [4.69, 9.17) is 0 Å². The molecule has 0 saturated heterocycles. The largest absolute Gasteiger partial charge is 0.391 e. The number of hydrogen-bond donors (Lipinski definition) is 3. The number of benzene rings is 2. The third-order valence-corrected chi connectivity index (χ3v) is 3.56. The first-order valence-corrected chi connectivity index (χ1v) is 7.97. The zero-order chi connectivity index (χ0) is 17.2. The molecular formula is C19H22N2O3. The predicted octanol–water partition coefficient (Wildman–Crippen LogP) is 1.07. The van der Waals surface area contributed by atoms with Crippen LogP contribution in [0.1, 0.15) is 11.1 Å². The van der Waals surface area contributed by atoms with Crippen LogP contribution in [0.15, 0.2) is 60.7 Å². The molecule has 0 spiro atoms. The lowest BCUT2D eigenvalue weighted by Gasteiger charge is -2.12. The number of nitrogens with one attached hydrogen (secondary N) is 2. The second kappa shape index (κ2) is 9.47. The summed E-state index contributed by atoms with van der Waals surface area (Å²) in [6, 6.07) is 19.2. The molecule has 1 unspecified atom stereocenters. The van der Waals surface area contributed by atoms with Crippen LogP contribution in [0.5, 0.6) is 0 Å². The molecule has 1 atom stereocenters. The minimum absolute atomic E-state index is 0.0415. The first-order chi connectivity index (χ1) is 11.6. The smallest absolute Gasteiger partial charge is 0.309 e. The van der Waals surface area contributed by atoms with Crippen LogP contribution in [0.25, 0.3) is 0 Å². The molecule has 0 aromatic heterocycles. The van der Waals surface area contributed by atoms with Gasteiger partial charge in [0, 0.05) is 19.5 Å². The summed E-state index contributed by atoms with van der Waals surface area (Å²) in [6.45, 7) is 0.433. The van der Waals surface area contributed by atoms with Crippen molar-refractivity contribution in [1.82, 2.24) is 10.6 Å². The van der Waals surface area contributed by atoms with Crippen molar-refractivity contribution in [2.75, 3.05) is 13.1 Å². The molecule has 3 N–H and O–H groups in total. The number of aliphatic hydroxyl groups excluding tert-OH is 1. The second-order valence-electron chi connectivity index (χ2n) is 5.55. The lowest BCUT2D eigenvalue weighted by Crippen LogP contribution is -2.43. The highest BCUT2D eigenvalue weighted by Crippen LogP contribution is 2.02. The molecule has 0 saturated carbocycles. The monoisotopic (exact) mass is 326 g/mol. The molecule has 0 bridgehead atoms. The molecule has 5 nitrogen and oxygen atoms in total. The van der Waals surface area contributed by atoms with Gasteiger partial charge in [0.2, 0.25) is 0 Å². The summed E-state index contributed by atoms with van der Waals surface area (Å²) in [4.78, 5) is 23.4. The van der Waals surface area contributed by atoms with E-state index in [0.29, 0.717) is 19.4 Å². The summed E-state index contributed by atoms with van der Waals surface area (Å²) in [5.74, 6) is -1.41. The van der Waals surface area contributed by atoms with E-state index in [2.05, 4.69) is 10.6 Å². The first-order valence-electron chi connectivity index (χ1n) is 7.97. The molecule has 0 aliphatic rings. The molecule has 0 heterocycles. The molecule has 0 fully saturated rings. The average Bonchev–Trinajstić information content (AvgIpc) is 2.61. The van der Waals surface area contributed by atoms with Gasteiger partial charge in [-0.1, -0.05) is 60.7 Å². The van der Waals surface area contributed by atoms with E-state index in [9.17, 15) is 14.7 Å². The molecule has 0 aliphatic carbocycles. The maximum Gasteiger partial charge on any atom is 0.309 e. The number of amides is 2. The van der Waals surface area contributed by atoms with Gasteiger partial charge in [-0.25, -0.2) is 0 Å². The molecule has 2 rings (SSSR count). The molecule has 5 heteroatoms. The number of rotatable bonds is 7. The number of aliphatic hydroxyl groups is 1. The van der Waals surface area contributed by atoms with Crippen molar-refractivity contribution >= 4 is 11.8 Å². The number of carbonyl (C=O) groups excluding carboxylic acids is 2. The molecule has 2 aromatic carbocycles. The fourth-order valence-electron chi connectivity index (χ4n) is 2.29. The second-order valence-corrected chi connectivity index (χ2v) is 5.55. The lowest BCUT2D eigenvalue weighted by atomic mass is 10.1. The quantitative estimate of drug-likeness (QED) is 0.666. The maximum absolute atomic E-state index is 11.7. The molecular weight excluding hydrogens is 304 g/mol. The van der Waals surface area contributed by atoms with Crippen molar-refractivity contribution < 1.29 is 14.7 Å². The fourth-order valence-corrected chi connectivity index (χ4v) is 2.29. The summed E-state index contributed by atoms with van der Waals surface area (Å²) >= 11 is 0. The van der Waals surface area contributed by atoms with Crippen LogP contribution in [0.3, 0.4) is 0 Å². The molecule has 126 valence electrons. The van der Waals surface area contributed by atoms with Crippen LogP contribution >= 0.6 is 0 Å². The van der Waals surface area contributed by atoms with Gasteiger partial charge in [-0.3, -0.25) is 9.59 Å². The van der Waals surface area contributed by atoms with Crippen molar-refractivity contribution in [3.05, 3.63) is 71.8 Å². The van der Waals surface area contributed by atoms with Crippen LogP contribution in [-0.4, -0.2) is 36.1 Å². The van der Waals surface area contributed by atoms with Crippen molar-refractivity contribution in [2.24, 2.45) is 0 Å². The van der Waals surface area contributed by atoms with Gasteiger partial charge in [-0.2, -0.15) is 0 Å². The van der Waals surface area contributed by atoms with Gasteiger partial charge in [0.15, 0.2) is 0 Å². The van der Waals surface area contributed by atoms with E-state index in [1.54, 1.807) is 0 Å². The van der Waals surface area contributed by atoms with Crippen LogP contribution < -0.4 is 10.6 Å². The average molecular weight is 326 g/mol. The van der Waals surface area contributed by atoms with Gasteiger partial charge in [0.05, 0.1) is 6.10 Å². The zero-order valence-electron chi connectivity index (χ0n) is 13.4. The van der Waals surface area contributed by atoms with Gasteiger partial charge in [0.1, 0.15) is 0 Å². The van der Waals surface area contributed by atoms with Crippen molar-refractivity contribution in [2.45, 2.75) is 18.9 Å². The highest BCUT2D eigenvalue weighted by molar-refractivity contribution is 6.35. The van der Waals surface area contributed by atoms with E-state index in [1.807, 2.05) is 60.7 Å². The standard InChI is InChI=1S/C19H22N2O3/c22-17(13-16-9-5-2-6-10-16)14-21-19(24)18(23)20-12-11-15-7-3-1-4-8-15/h1-10,17,22H,11-14H2,(H,20,23)(H,21,24). The van der Waals surface area contributed by atoms with Crippen molar-refractivity contribution in [3.63, 3.8) is 0 Å². The Morgan fingerprint density at radius 1 is 0.833 bits per heavy atom. The van der Waals surface area contributed by atoms with Crippen LogP contribution in [-0.2, 0) is 22.4 Å². The molecule has 24 heavy (non-hydrogen) atoms. The summed E-state index contributed by atoms with van der Waals surface area (Å²) in [5.41, 5.74) is 2.07. The Bertz CT molecular complexity index is 644. The summed E-state index contributed by atoms with van der Waals surface area (Å²) in [6.07, 6.45) is 0.362. The molecule has 2 amide bonds. The Labute approximate surface area is 141 Å². The SMILES string of the molecule is O=C(NCCc1ccccc1)C(=O)NCC(O)Cc1ccccc1. The van der Waals surface area contributed by atoms with Crippen molar-refractivity contribution in [1.29, 1.82) is 0 Å². The summed E-state index contributed by atoms with van der Waals surface area (Å²) in [5, 5.41) is 14.9. The first kappa shape index (κ1) is 17.7. The Morgan fingerprint density at radius 3 is 2.00 bits per heavy atom. The normalized spacial score (nSPS) is 11.5. The molecule has 0 radical (unpaired) electrons. The maximum atomic E-state index is 11.7. The van der Waals surface area contributed by atoms with Gasteiger partial charge < -0.3 is 15.7 Å². The minimum Gasteiger partial charge on any atom is -0.391 e. The van der Waals surface area contributed by atoms with Gasteiger partial charge in [-0.15, -0.1) is 0 Å².